The molecule has 2 aliphatic rings. The van der Waals surface area contributed by atoms with E-state index in [2.05, 4.69) is 134 Å². The van der Waals surface area contributed by atoms with E-state index in [9.17, 15) is 0 Å². The summed E-state index contributed by atoms with van der Waals surface area (Å²) in [6.45, 7) is 2.67. The van der Waals surface area contributed by atoms with E-state index >= 15 is 0 Å². The Morgan fingerprint density at radius 2 is 1.16 bits per heavy atom. The number of hydrogen-bond donors (Lipinski definition) is 3. The molecule has 8 aromatic rings. The summed E-state index contributed by atoms with van der Waals surface area (Å²) in [6.07, 6.45) is 0. The number of amidine groups is 1. The Balaban J connectivity index is 0.000000166. The van der Waals surface area contributed by atoms with Gasteiger partial charge in [-0.05, 0) is 74.8 Å². The van der Waals surface area contributed by atoms with E-state index in [0.29, 0.717) is 6.54 Å². The monoisotopic (exact) mass is 715 g/mol. The Hall–Kier alpha value is -6.95. The molecule has 5 nitrogen and oxygen atoms in total. The highest BCUT2D eigenvalue weighted by Crippen LogP contribution is 2.62. The van der Waals surface area contributed by atoms with Crippen molar-refractivity contribution in [2.24, 2.45) is 11.5 Å². The number of aryl methyl sites for hydroxylation is 1. The van der Waals surface area contributed by atoms with Gasteiger partial charge in [-0.3, -0.25) is 5.41 Å². The molecule has 268 valence electrons. The normalized spacial score (nSPS) is 12.5. The van der Waals surface area contributed by atoms with E-state index in [1.54, 1.807) is 0 Å². The maximum Gasteiger partial charge on any atom is 0.178 e. The fourth-order valence-corrected chi connectivity index (χ4v) is 7.76. The van der Waals surface area contributed by atoms with Gasteiger partial charge >= 0.3 is 0 Å². The summed E-state index contributed by atoms with van der Waals surface area (Å²) in [4.78, 5) is 0. The number of nitrogens with two attached hydrogens (primary N) is 2. The second-order valence-electron chi connectivity index (χ2n) is 13.6. The summed E-state index contributed by atoms with van der Waals surface area (Å²) in [5.41, 5.74) is 20.7. The van der Waals surface area contributed by atoms with Crippen molar-refractivity contribution in [1.29, 1.82) is 5.41 Å². The molecule has 0 amide bonds. The van der Waals surface area contributed by atoms with Crippen molar-refractivity contribution in [3.05, 3.63) is 227 Å². The zero-order valence-electron chi connectivity index (χ0n) is 30.6. The lowest BCUT2D eigenvalue weighted by Crippen LogP contribution is -2.28. The average Bonchev–Trinajstić information content (AvgIpc) is 3.55. The van der Waals surface area contributed by atoms with Crippen LogP contribution in [0.4, 0.5) is 0 Å². The molecule has 1 aliphatic heterocycles. The van der Waals surface area contributed by atoms with Crippen molar-refractivity contribution >= 4 is 16.6 Å². The van der Waals surface area contributed by atoms with Crippen molar-refractivity contribution in [2.45, 2.75) is 18.9 Å². The highest BCUT2D eigenvalue weighted by atomic mass is 16.6. The third-order valence-corrected chi connectivity index (χ3v) is 10.3. The van der Waals surface area contributed by atoms with Gasteiger partial charge in [-0.25, -0.2) is 0 Å². The smallest absolute Gasteiger partial charge is 0.178 e. The van der Waals surface area contributed by atoms with Crippen LogP contribution in [0.2, 0.25) is 0 Å². The summed E-state index contributed by atoms with van der Waals surface area (Å²) in [5.74, 6) is 3.17. The summed E-state index contributed by atoms with van der Waals surface area (Å²) >= 11 is 0. The molecular formula is C50H41N3O2. The highest BCUT2D eigenvalue weighted by Gasteiger charge is 2.48. The Labute approximate surface area is 322 Å². The molecule has 55 heavy (non-hydrogen) atoms. The Morgan fingerprint density at radius 3 is 1.84 bits per heavy atom. The van der Waals surface area contributed by atoms with E-state index in [4.69, 9.17) is 26.4 Å². The summed E-state index contributed by atoms with van der Waals surface area (Å²) < 4.78 is 12.9. The number of rotatable bonds is 4. The van der Waals surface area contributed by atoms with Crippen LogP contribution in [0.1, 0.15) is 38.9 Å². The van der Waals surface area contributed by atoms with Crippen LogP contribution in [-0.4, -0.2) is 5.84 Å². The minimum atomic E-state index is -0.444. The van der Waals surface area contributed by atoms with Crippen LogP contribution in [0, 0.1) is 12.3 Å². The van der Waals surface area contributed by atoms with Gasteiger partial charge in [0.15, 0.2) is 23.0 Å². The van der Waals surface area contributed by atoms with Gasteiger partial charge in [0.05, 0.1) is 5.41 Å². The number of nitrogens with one attached hydrogen (secondary N) is 1. The Kier molecular flexibility index (Phi) is 9.69. The fraction of sp³-hybridized carbons (Fsp3) is 0.0600. The van der Waals surface area contributed by atoms with Crippen LogP contribution < -0.4 is 20.9 Å². The molecule has 5 heteroatoms. The summed E-state index contributed by atoms with van der Waals surface area (Å²) in [5, 5.41) is 9.54. The Morgan fingerprint density at radius 1 is 0.564 bits per heavy atom. The van der Waals surface area contributed by atoms with Crippen LogP contribution in [0.15, 0.2) is 188 Å². The van der Waals surface area contributed by atoms with Gasteiger partial charge in [-0.15, -0.1) is 0 Å². The topological polar surface area (TPSA) is 94.3 Å². The lowest BCUT2D eigenvalue weighted by molar-refractivity contribution is 0.360. The van der Waals surface area contributed by atoms with Crippen LogP contribution in [0.3, 0.4) is 0 Å². The number of benzene rings is 8. The van der Waals surface area contributed by atoms with E-state index in [1.807, 2.05) is 60.7 Å². The number of nitrogen functional groups attached to an aromatic ring is 1. The van der Waals surface area contributed by atoms with Crippen molar-refractivity contribution in [2.75, 3.05) is 0 Å². The van der Waals surface area contributed by atoms with Crippen LogP contribution in [0.25, 0.3) is 21.9 Å². The van der Waals surface area contributed by atoms with Gasteiger partial charge in [-0.2, -0.15) is 0 Å². The minimum absolute atomic E-state index is 0.121. The third-order valence-electron chi connectivity index (χ3n) is 10.3. The van der Waals surface area contributed by atoms with Crippen LogP contribution >= 0.6 is 0 Å². The fourth-order valence-electron chi connectivity index (χ4n) is 7.76. The number of ether oxygens (including phenoxy) is 2. The first kappa shape index (κ1) is 35.1. The molecule has 10 rings (SSSR count). The predicted octanol–water partition coefficient (Wildman–Crippen LogP) is 11.5. The van der Waals surface area contributed by atoms with E-state index in [-0.39, 0.29) is 5.84 Å². The van der Waals surface area contributed by atoms with Crippen LogP contribution in [-0.2, 0) is 12.0 Å². The molecule has 0 aromatic heterocycles. The van der Waals surface area contributed by atoms with Gasteiger partial charge in [0, 0.05) is 17.7 Å². The first-order valence-electron chi connectivity index (χ1n) is 18.4. The third kappa shape index (κ3) is 6.52. The van der Waals surface area contributed by atoms with Crippen molar-refractivity contribution < 1.29 is 9.47 Å². The van der Waals surface area contributed by atoms with Crippen molar-refractivity contribution in [3.8, 4) is 34.1 Å². The van der Waals surface area contributed by atoms with Crippen LogP contribution in [0.5, 0.6) is 23.0 Å². The first-order valence-corrected chi connectivity index (χ1v) is 18.4. The molecular weight excluding hydrogens is 675 g/mol. The maximum absolute atomic E-state index is 7.01. The molecule has 8 aromatic carbocycles. The molecule has 0 atom stereocenters. The van der Waals surface area contributed by atoms with Crippen molar-refractivity contribution in [3.63, 3.8) is 0 Å². The van der Waals surface area contributed by atoms with E-state index in [1.165, 1.54) is 44.2 Å². The summed E-state index contributed by atoms with van der Waals surface area (Å²) in [6, 6.07) is 64.4. The Bertz CT molecular complexity index is 2580. The van der Waals surface area contributed by atoms with E-state index in [0.717, 1.165) is 39.7 Å². The molecule has 0 radical (unpaired) electrons. The minimum Gasteiger partial charge on any atom is -0.449 e. The zero-order valence-corrected chi connectivity index (χ0v) is 30.6. The van der Waals surface area contributed by atoms with Gasteiger partial charge in [-0.1, -0.05) is 170 Å². The number of hydrogen-bond acceptors (Lipinski definition) is 4. The molecule has 1 aliphatic carbocycles. The lowest BCUT2D eigenvalue weighted by Gasteiger charge is -2.34. The lowest BCUT2D eigenvalue weighted by atomic mass is 9.68. The highest BCUT2D eigenvalue weighted by molar-refractivity contribution is 5.95. The second-order valence-corrected chi connectivity index (χ2v) is 13.6. The molecule has 1 heterocycles. The predicted molar refractivity (Wildman–Crippen MR) is 224 cm³/mol. The maximum atomic E-state index is 7.01. The SMILES string of the molecule is Cc1ccc2c(c1)Oc1ccc3c(c1O2)-c1ccccc1C3(c1ccccc1)c1ccccc1.N=C(N)c1ccccc1.NCc1cccc2ccccc12. The van der Waals surface area contributed by atoms with Gasteiger partial charge < -0.3 is 20.9 Å². The molecule has 0 saturated carbocycles. The first-order chi connectivity index (χ1) is 27.0. The summed E-state index contributed by atoms with van der Waals surface area (Å²) in [7, 11) is 0. The van der Waals surface area contributed by atoms with Gasteiger partial charge in [0.2, 0.25) is 0 Å². The zero-order chi connectivity index (χ0) is 37.8. The molecule has 0 saturated heterocycles. The van der Waals surface area contributed by atoms with Gasteiger partial charge in [0.25, 0.3) is 0 Å². The van der Waals surface area contributed by atoms with Crippen molar-refractivity contribution in [1.82, 2.24) is 0 Å². The molecule has 0 fully saturated rings. The largest absolute Gasteiger partial charge is 0.449 e. The number of fused-ring (bicyclic) bond motifs is 7. The van der Waals surface area contributed by atoms with E-state index < -0.39 is 5.41 Å². The quantitative estimate of drug-likeness (QED) is 0.125. The molecule has 0 spiro atoms. The second kappa shape index (κ2) is 15.2. The molecule has 5 N–H and O–H groups in total. The molecule has 0 unspecified atom stereocenters. The standard InChI is InChI=1S/C32H22O2.C11H11N.C7H8N2/c1-21-16-18-27-29(20-21)33-28-19-17-26-30(31(28)34-27)24-14-8-9-15-25(24)32(26,22-10-4-2-5-11-22)23-12-6-3-7-13-23;12-8-10-6-3-5-9-4-1-2-7-11(9)10;8-7(9)6-4-2-1-3-5-6/h2-20H,1H3;1-7H,8,12H2;1-5H,(H3,8,9). The van der Waals surface area contributed by atoms with Gasteiger partial charge in [0.1, 0.15) is 5.84 Å². The molecule has 0 bridgehead atoms. The average molecular weight is 716 g/mol.